The first kappa shape index (κ1) is 23.3. The topological polar surface area (TPSA) is 111 Å². The summed E-state index contributed by atoms with van der Waals surface area (Å²) in [5, 5.41) is 16.8. The number of nitrogens with zero attached hydrogens (tertiary/aromatic N) is 1. The number of anilines is 1. The Balaban J connectivity index is 1.32. The number of nitro benzene ring substituents is 1. The highest BCUT2D eigenvalue weighted by Crippen LogP contribution is 2.55. The van der Waals surface area contributed by atoms with E-state index in [1.165, 1.54) is 26.2 Å². The van der Waals surface area contributed by atoms with Gasteiger partial charge in [-0.05, 0) is 75.3 Å². The summed E-state index contributed by atoms with van der Waals surface area (Å²) in [6.07, 6.45) is 1.80. The number of esters is 1. The van der Waals surface area contributed by atoms with Crippen LogP contribution in [0.4, 0.5) is 24.5 Å². The lowest BCUT2D eigenvalue weighted by Gasteiger charge is -2.56. The summed E-state index contributed by atoms with van der Waals surface area (Å²) in [7, 11) is 0. The van der Waals surface area contributed by atoms with Gasteiger partial charge in [-0.3, -0.25) is 14.9 Å². The summed E-state index contributed by atoms with van der Waals surface area (Å²) in [6, 6.07) is 0.864. The first-order chi connectivity index (χ1) is 15.4. The Morgan fingerprint density at radius 3 is 2.27 bits per heavy atom. The molecular formula is C22H26F3N3O5. The molecule has 1 atom stereocenters. The SMILES string of the molecule is C[C@@H](Nc1ccc(C(F)(F)F)cc1[N+](=O)[O-])C(=O)OCC(=O)NC12CC3CC(CC(C3)C1)C2. The van der Waals surface area contributed by atoms with Crippen molar-refractivity contribution in [2.75, 3.05) is 11.9 Å². The monoisotopic (exact) mass is 469 g/mol. The van der Waals surface area contributed by atoms with E-state index in [1.807, 2.05) is 0 Å². The molecule has 4 fully saturated rings. The summed E-state index contributed by atoms with van der Waals surface area (Å²) in [5.41, 5.74) is -2.46. The first-order valence-electron chi connectivity index (χ1n) is 11.0. The van der Waals surface area contributed by atoms with Crippen LogP contribution in [0.5, 0.6) is 0 Å². The minimum absolute atomic E-state index is 0.219. The van der Waals surface area contributed by atoms with Crippen molar-refractivity contribution in [2.45, 2.75) is 63.2 Å². The third-order valence-corrected chi connectivity index (χ3v) is 7.04. The van der Waals surface area contributed by atoms with Gasteiger partial charge >= 0.3 is 12.1 Å². The highest BCUT2D eigenvalue weighted by atomic mass is 19.4. The smallest absolute Gasteiger partial charge is 0.416 e. The van der Waals surface area contributed by atoms with Crippen LogP contribution in [-0.2, 0) is 20.5 Å². The van der Waals surface area contributed by atoms with Crippen molar-refractivity contribution in [1.82, 2.24) is 5.32 Å². The van der Waals surface area contributed by atoms with Gasteiger partial charge in [0.05, 0.1) is 10.5 Å². The summed E-state index contributed by atoms with van der Waals surface area (Å²) in [5.74, 6) is 0.691. The first-order valence-corrected chi connectivity index (χ1v) is 11.0. The van der Waals surface area contributed by atoms with Gasteiger partial charge < -0.3 is 15.4 Å². The van der Waals surface area contributed by atoms with Crippen LogP contribution >= 0.6 is 0 Å². The number of rotatable bonds is 7. The molecule has 2 N–H and O–H groups in total. The molecule has 4 bridgehead atoms. The van der Waals surface area contributed by atoms with Gasteiger partial charge in [0.15, 0.2) is 6.61 Å². The average Bonchev–Trinajstić information content (AvgIpc) is 2.69. The summed E-state index contributed by atoms with van der Waals surface area (Å²) < 4.78 is 43.6. The number of carbonyl (C=O) groups excluding carboxylic acids is 2. The number of ether oxygens (including phenoxy) is 1. The van der Waals surface area contributed by atoms with E-state index in [9.17, 15) is 32.9 Å². The predicted octanol–water partition coefficient (Wildman–Crippen LogP) is 4.04. The second-order valence-electron chi connectivity index (χ2n) is 9.71. The van der Waals surface area contributed by atoms with Gasteiger partial charge in [0.25, 0.3) is 11.6 Å². The Bertz CT molecular complexity index is 930. The van der Waals surface area contributed by atoms with Crippen LogP contribution in [0.25, 0.3) is 0 Å². The minimum atomic E-state index is -4.74. The number of alkyl halides is 3. The van der Waals surface area contributed by atoms with Gasteiger partial charge in [-0.15, -0.1) is 0 Å². The van der Waals surface area contributed by atoms with Crippen molar-refractivity contribution in [3.05, 3.63) is 33.9 Å². The summed E-state index contributed by atoms with van der Waals surface area (Å²) in [4.78, 5) is 35.0. The zero-order valence-corrected chi connectivity index (χ0v) is 18.1. The number of nitro groups is 1. The molecule has 4 aliphatic carbocycles. The number of benzene rings is 1. The minimum Gasteiger partial charge on any atom is -0.454 e. The van der Waals surface area contributed by atoms with Crippen molar-refractivity contribution in [3.63, 3.8) is 0 Å². The molecule has 8 nitrogen and oxygen atoms in total. The van der Waals surface area contributed by atoms with E-state index in [4.69, 9.17) is 4.74 Å². The number of halogens is 3. The van der Waals surface area contributed by atoms with E-state index in [1.54, 1.807) is 0 Å². The van der Waals surface area contributed by atoms with E-state index in [2.05, 4.69) is 10.6 Å². The molecule has 1 aromatic carbocycles. The second-order valence-corrected chi connectivity index (χ2v) is 9.71. The van der Waals surface area contributed by atoms with Crippen LogP contribution in [0.15, 0.2) is 18.2 Å². The number of carbonyl (C=O) groups is 2. The fourth-order valence-electron chi connectivity index (χ4n) is 6.13. The standard InChI is InChI=1S/C22H26F3N3O5/c1-12(26-17-3-2-16(22(23,24)25)7-18(17)28(31)32)20(30)33-11-19(29)27-21-8-13-4-14(9-21)6-15(5-13)10-21/h2-3,7,12-15,26H,4-6,8-11H2,1H3,(H,27,29)/t12-,13?,14?,15?,21?/m1/s1. The summed E-state index contributed by atoms with van der Waals surface area (Å²) >= 11 is 0. The van der Waals surface area contributed by atoms with Crippen molar-refractivity contribution in [3.8, 4) is 0 Å². The number of amides is 1. The largest absolute Gasteiger partial charge is 0.454 e. The molecular weight excluding hydrogens is 443 g/mol. The zero-order valence-electron chi connectivity index (χ0n) is 18.1. The molecule has 5 rings (SSSR count). The Morgan fingerprint density at radius 2 is 1.76 bits per heavy atom. The third-order valence-electron chi connectivity index (χ3n) is 7.04. The highest BCUT2D eigenvalue weighted by molar-refractivity contribution is 5.84. The Hall–Kier alpha value is -2.85. The molecule has 0 radical (unpaired) electrons. The maximum atomic E-state index is 12.8. The van der Waals surface area contributed by atoms with Gasteiger partial charge in [-0.2, -0.15) is 13.2 Å². The maximum Gasteiger partial charge on any atom is 0.416 e. The van der Waals surface area contributed by atoms with E-state index in [-0.39, 0.29) is 11.2 Å². The quantitative estimate of drug-likeness (QED) is 0.354. The molecule has 1 aromatic rings. The van der Waals surface area contributed by atoms with Crippen molar-refractivity contribution >= 4 is 23.3 Å². The molecule has 0 aliphatic heterocycles. The van der Waals surface area contributed by atoms with Gasteiger partial charge in [0.1, 0.15) is 11.7 Å². The normalized spacial score (nSPS) is 28.8. The van der Waals surface area contributed by atoms with Crippen molar-refractivity contribution in [2.24, 2.45) is 17.8 Å². The number of hydrogen-bond donors (Lipinski definition) is 2. The van der Waals surface area contributed by atoms with Crippen LogP contribution in [0.1, 0.15) is 51.0 Å². The van der Waals surface area contributed by atoms with Crippen LogP contribution in [0, 0.1) is 27.9 Å². The molecule has 180 valence electrons. The molecule has 0 spiro atoms. The predicted molar refractivity (Wildman–Crippen MR) is 111 cm³/mol. The molecule has 0 heterocycles. The van der Waals surface area contributed by atoms with Crippen molar-refractivity contribution < 1.29 is 32.4 Å². The molecule has 11 heteroatoms. The fraction of sp³-hybridized carbons (Fsp3) is 0.636. The van der Waals surface area contributed by atoms with E-state index in [0.29, 0.717) is 29.9 Å². The zero-order chi connectivity index (χ0) is 24.0. The van der Waals surface area contributed by atoms with E-state index in [0.717, 1.165) is 25.3 Å². The number of nitrogens with one attached hydrogen (secondary N) is 2. The molecule has 1 amide bonds. The Morgan fingerprint density at radius 1 is 1.18 bits per heavy atom. The van der Waals surface area contributed by atoms with E-state index < -0.39 is 46.9 Å². The maximum absolute atomic E-state index is 12.8. The van der Waals surface area contributed by atoms with Gasteiger partial charge in [0.2, 0.25) is 0 Å². The molecule has 0 saturated heterocycles. The lowest BCUT2D eigenvalue weighted by atomic mass is 9.53. The third kappa shape index (κ3) is 5.06. The molecule has 4 saturated carbocycles. The van der Waals surface area contributed by atoms with Crippen LogP contribution in [0.2, 0.25) is 0 Å². The lowest BCUT2D eigenvalue weighted by molar-refractivity contribution is -0.384. The van der Waals surface area contributed by atoms with Gasteiger partial charge in [-0.25, -0.2) is 4.79 Å². The van der Waals surface area contributed by atoms with Crippen LogP contribution in [0.3, 0.4) is 0 Å². The lowest BCUT2D eigenvalue weighted by Crippen LogP contribution is -2.60. The highest BCUT2D eigenvalue weighted by Gasteiger charge is 2.51. The number of hydrogen-bond acceptors (Lipinski definition) is 6. The fourth-order valence-corrected chi connectivity index (χ4v) is 6.13. The van der Waals surface area contributed by atoms with E-state index >= 15 is 0 Å². The Kier molecular flexibility index (Phi) is 6.00. The van der Waals surface area contributed by atoms with Crippen molar-refractivity contribution in [1.29, 1.82) is 0 Å². The van der Waals surface area contributed by atoms with Gasteiger partial charge in [-0.1, -0.05) is 0 Å². The molecule has 0 unspecified atom stereocenters. The Labute approximate surface area is 188 Å². The van der Waals surface area contributed by atoms with Gasteiger partial charge in [0, 0.05) is 11.6 Å². The van der Waals surface area contributed by atoms with Crippen LogP contribution in [-0.4, -0.2) is 35.0 Å². The molecule has 33 heavy (non-hydrogen) atoms. The second kappa shape index (κ2) is 8.49. The molecule has 0 aromatic heterocycles. The average molecular weight is 469 g/mol. The summed E-state index contributed by atoms with van der Waals surface area (Å²) in [6.45, 7) is 0.864. The molecule has 4 aliphatic rings. The van der Waals surface area contributed by atoms with Crippen LogP contribution < -0.4 is 10.6 Å².